The fourth-order valence-electron chi connectivity index (χ4n) is 2.23. The lowest BCUT2D eigenvalue weighted by Crippen LogP contribution is -2.25. The Hall–Kier alpha value is -2.72. The highest BCUT2D eigenvalue weighted by atomic mass is 19.4. The van der Waals surface area contributed by atoms with Crippen molar-refractivity contribution in [2.45, 2.75) is 25.6 Å². The standard InChI is InChI=1S/C17H19F2NO2.C2HF3O2/c1-2-15(20-10-11-21)13-8-9-14(18)17(16(13)19)22-12-6-4-3-5-7-12;3-2(4,5)1(6)7/h3-9,15,20-21H,2,10-11H2,1H3;(H,6,7)/t15-;/m0./s1. The van der Waals surface area contributed by atoms with E-state index in [1.807, 2.05) is 6.92 Å². The molecule has 0 aliphatic rings. The number of rotatable bonds is 7. The molecule has 1 atom stereocenters. The number of carbonyl (C=O) groups is 1. The highest BCUT2D eigenvalue weighted by molar-refractivity contribution is 5.73. The number of hydrogen-bond donors (Lipinski definition) is 3. The molecule has 2 aromatic rings. The van der Waals surface area contributed by atoms with E-state index in [4.69, 9.17) is 19.7 Å². The predicted octanol–water partition coefficient (Wildman–Crippen LogP) is 4.42. The number of hydrogen-bond acceptors (Lipinski definition) is 4. The molecule has 0 radical (unpaired) electrons. The zero-order valence-corrected chi connectivity index (χ0v) is 15.3. The van der Waals surface area contributed by atoms with Crippen LogP contribution in [0.3, 0.4) is 0 Å². The molecular weight excluding hydrogens is 401 g/mol. The molecule has 0 aromatic heterocycles. The van der Waals surface area contributed by atoms with Crippen molar-refractivity contribution in [2.75, 3.05) is 13.2 Å². The normalized spacial score (nSPS) is 12.0. The van der Waals surface area contributed by atoms with E-state index in [-0.39, 0.29) is 12.6 Å². The summed E-state index contributed by atoms with van der Waals surface area (Å²) in [5, 5.41) is 19.0. The van der Waals surface area contributed by atoms with Crippen molar-refractivity contribution < 1.29 is 41.7 Å². The van der Waals surface area contributed by atoms with Crippen LogP contribution < -0.4 is 10.1 Å². The van der Waals surface area contributed by atoms with Crippen LogP contribution in [0.15, 0.2) is 42.5 Å². The van der Waals surface area contributed by atoms with Crippen LogP contribution in [0.4, 0.5) is 22.0 Å². The number of carboxylic acid groups (broad SMARTS) is 1. The molecule has 160 valence electrons. The fraction of sp³-hybridized carbons (Fsp3) is 0.316. The Bertz CT molecular complexity index is 784. The van der Waals surface area contributed by atoms with Gasteiger partial charge in [0.15, 0.2) is 17.4 Å². The maximum absolute atomic E-state index is 14.6. The highest BCUT2D eigenvalue weighted by Crippen LogP contribution is 2.32. The number of aliphatic carboxylic acids is 1. The second kappa shape index (κ2) is 11.3. The van der Waals surface area contributed by atoms with Gasteiger partial charge in [0.05, 0.1) is 6.61 Å². The van der Waals surface area contributed by atoms with Gasteiger partial charge in [-0.15, -0.1) is 0 Å². The van der Waals surface area contributed by atoms with Crippen LogP contribution in [0.25, 0.3) is 0 Å². The number of alkyl halides is 3. The highest BCUT2D eigenvalue weighted by Gasteiger charge is 2.38. The van der Waals surface area contributed by atoms with Crippen LogP contribution >= 0.6 is 0 Å². The molecule has 10 heteroatoms. The van der Waals surface area contributed by atoms with Crippen LogP contribution in [0, 0.1) is 11.6 Å². The number of benzene rings is 2. The van der Waals surface area contributed by atoms with Gasteiger partial charge in [-0.2, -0.15) is 13.2 Å². The molecule has 0 saturated heterocycles. The molecular formula is C19H20F5NO4. The van der Waals surface area contributed by atoms with E-state index < -0.39 is 29.5 Å². The Kier molecular flexibility index (Phi) is 9.49. The first-order chi connectivity index (χ1) is 13.6. The SMILES string of the molecule is CC[C@H](NCCO)c1ccc(F)c(Oc2ccccc2)c1F.O=C(O)C(F)(F)F. The number of ether oxygens (including phenoxy) is 1. The Balaban J connectivity index is 0.000000516. The number of halogens is 5. The van der Waals surface area contributed by atoms with E-state index in [0.29, 0.717) is 24.3 Å². The average Bonchev–Trinajstić information content (AvgIpc) is 2.67. The summed E-state index contributed by atoms with van der Waals surface area (Å²) < 4.78 is 65.6. The van der Waals surface area contributed by atoms with Crippen molar-refractivity contribution >= 4 is 5.97 Å². The minimum atomic E-state index is -5.08. The third-order valence-corrected chi connectivity index (χ3v) is 3.57. The van der Waals surface area contributed by atoms with Crippen molar-refractivity contribution in [3.63, 3.8) is 0 Å². The van der Waals surface area contributed by atoms with Gasteiger partial charge in [0.2, 0.25) is 0 Å². The molecule has 0 aliphatic carbocycles. The Labute approximate surface area is 163 Å². The molecule has 0 aliphatic heterocycles. The molecule has 0 amide bonds. The number of aliphatic hydroxyl groups is 1. The molecule has 29 heavy (non-hydrogen) atoms. The van der Waals surface area contributed by atoms with Gasteiger partial charge < -0.3 is 20.3 Å². The van der Waals surface area contributed by atoms with E-state index in [2.05, 4.69) is 5.32 Å². The molecule has 0 spiro atoms. The lowest BCUT2D eigenvalue weighted by atomic mass is 10.0. The van der Waals surface area contributed by atoms with Crippen molar-refractivity contribution in [2.24, 2.45) is 0 Å². The summed E-state index contributed by atoms with van der Waals surface area (Å²) in [4.78, 5) is 8.90. The van der Waals surface area contributed by atoms with Gasteiger partial charge in [0, 0.05) is 18.2 Å². The average molecular weight is 421 g/mol. The van der Waals surface area contributed by atoms with Gasteiger partial charge in [0.1, 0.15) is 5.75 Å². The van der Waals surface area contributed by atoms with Crippen LogP contribution in [0.2, 0.25) is 0 Å². The molecule has 0 bridgehead atoms. The minimum Gasteiger partial charge on any atom is -0.475 e. The molecule has 0 fully saturated rings. The zero-order chi connectivity index (χ0) is 22.0. The first kappa shape index (κ1) is 24.3. The van der Waals surface area contributed by atoms with Crippen molar-refractivity contribution in [3.05, 3.63) is 59.7 Å². The van der Waals surface area contributed by atoms with E-state index in [1.54, 1.807) is 30.3 Å². The van der Waals surface area contributed by atoms with Crippen LogP contribution in [-0.4, -0.2) is 35.5 Å². The first-order valence-electron chi connectivity index (χ1n) is 8.46. The summed E-state index contributed by atoms with van der Waals surface area (Å²) in [5.74, 6) is -4.27. The Morgan fingerprint density at radius 1 is 1.14 bits per heavy atom. The lowest BCUT2D eigenvalue weighted by Gasteiger charge is -2.19. The number of nitrogens with one attached hydrogen (secondary N) is 1. The lowest BCUT2D eigenvalue weighted by molar-refractivity contribution is -0.192. The number of carboxylic acids is 1. The van der Waals surface area contributed by atoms with Crippen LogP contribution in [0.1, 0.15) is 24.9 Å². The third kappa shape index (κ3) is 7.66. The molecule has 2 aromatic carbocycles. The molecule has 0 unspecified atom stereocenters. The second-order valence-corrected chi connectivity index (χ2v) is 5.64. The second-order valence-electron chi connectivity index (χ2n) is 5.64. The Morgan fingerprint density at radius 3 is 2.21 bits per heavy atom. The molecule has 2 rings (SSSR count). The van der Waals surface area contributed by atoms with E-state index in [0.717, 1.165) is 0 Å². The summed E-state index contributed by atoms with van der Waals surface area (Å²) in [6.45, 7) is 2.17. The molecule has 3 N–H and O–H groups in total. The van der Waals surface area contributed by atoms with Gasteiger partial charge >= 0.3 is 12.1 Å². The van der Waals surface area contributed by atoms with Crippen LogP contribution in [0.5, 0.6) is 11.5 Å². The summed E-state index contributed by atoms with van der Waals surface area (Å²) in [6, 6.07) is 10.8. The minimum absolute atomic E-state index is 0.0489. The maximum Gasteiger partial charge on any atom is 0.490 e. The monoisotopic (exact) mass is 421 g/mol. The largest absolute Gasteiger partial charge is 0.490 e. The van der Waals surface area contributed by atoms with Crippen molar-refractivity contribution in [1.82, 2.24) is 5.32 Å². The summed E-state index contributed by atoms with van der Waals surface area (Å²) in [6.07, 6.45) is -4.48. The summed E-state index contributed by atoms with van der Waals surface area (Å²) in [7, 11) is 0. The zero-order valence-electron chi connectivity index (χ0n) is 15.3. The van der Waals surface area contributed by atoms with E-state index in [9.17, 15) is 22.0 Å². The van der Waals surface area contributed by atoms with Gasteiger partial charge in [-0.05, 0) is 24.6 Å². The van der Waals surface area contributed by atoms with Crippen molar-refractivity contribution in [1.29, 1.82) is 0 Å². The third-order valence-electron chi connectivity index (χ3n) is 3.57. The molecule has 0 heterocycles. The quantitative estimate of drug-likeness (QED) is 0.577. The molecule has 0 saturated carbocycles. The first-order valence-corrected chi connectivity index (χ1v) is 8.46. The molecule has 5 nitrogen and oxygen atoms in total. The Morgan fingerprint density at radius 2 is 1.72 bits per heavy atom. The summed E-state index contributed by atoms with van der Waals surface area (Å²) >= 11 is 0. The van der Waals surface area contributed by atoms with Crippen molar-refractivity contribution in [3.8, 4) is 11.5 Å². The van der Waals surface area contributed by atoms with Gasteiger partial charge in [0.25, 0.3) is 0 Å². The predicted molar refractivity (Wildman–Crippen MR) is 94.7 cm³/mol. The van der Waals surface area contributed by atoms with Gasteiger partial charge in [-0.25, -0.2) is 13.6 Å². The maximum atomic E-state index is 14.6. The number of para-hydroxylation sites is 1. The number of aliphatic hydroxyl groups excluding tert-OH is 1. The summed E-state index contributed by atoms with van der Waals surface area (Å²) in [5.41, 5.74) is 0.322. The van der Waals surface area contributed by atoms with Gasteiger partial charge in [-0.1, -0.05) is 31.2 Å². The van der Waals surface area contributed by atoms with E-state index in [1.165, 1.54) is 12.1 Å². The smallest absolute Gasteiger partial charge is 0.475 e. The topological polar surface area (TPSA) is 78.8 Å². The fourth-order valence-corrected chi connectivity index (χ4v) is 2.23. The van der Waals surface area contributed by atoms with Crippen LogP contribution in [-0.2, 0) is 4.79 Å². The van der Waals surface area contributed by atoms with Gasteiger partial charge in [-0.3, -0.25) is 0 Å². The van der Waals surface area contributed by atoms with E-state index >= 15 is 0 Å².